The van der Waals surface area contributed by atoms with Crippen LogP contribution >= 0.6 is 0 Å². The Balaban J connectivity index is 1.40. The van der Waals surface area contributed by atoms with Gasteiger partial charge < -0.3 is 10.6 Å². The molecule has 0 aromatic heterocycles. The average Bonchev–Trinajstić information content (AvgIpc) is 3.06. The van der Waals surface area contributed by atoms with E-state index in [-0.39, 0.29) is 0 Å². The van der Waals surface area contributed by atoms with E-state index in [1.54, 1.807) is 0 Å². The molecule has 5 rings (SSSR count). The summed E-state index contributed by atoms with van der Waals surface area (Å²) >= 11 is 0. The van der Waals surface area contributed by atoms with E-state index in [0.29, 0.717) is 0 Å². The third-order valence-electron chi connectivity index (χ3n) is 5.01. The molecule has 0 bridgehead atoms. The van der Waals surface area contributed by atoms with Crippen LogP contribution in [0.3, 0.4) is 0 Å². The van der Waals surface area contributed by atoms with Gasteiger partial charge in [-0.05, 0) is 77.2 Å². The molecular weight excluding hydrogens is 328 g/mol. The van der Waals surface area contributed by atoms with Gasteiger partial charge in [-0.25, -0.2) is 0 Å². The van der Waals surface area contributed by atoms with Gasteiger partial charge in [-0.15, -0.1) is 0 Å². The van der Waals surface area contributed by atoms with Crippen LogP contribution in [0.15, 0.2) is 97.1 Å². The number of anilines is 4. The Morgan fingerprint density at radius 3 is 1.33 bits per heavy atom. The van der Waals surface area contributed by atoms with E-state index in [4.69, 9.17) is 0 Å². The molecule has 0 unspecified atom stereocenters. The minimum Gasteiger partial charge on any atom is -0.356 e. The first-order chi connectivity index (χ1) is 13.3. The van der Waals surface area contributed by atoms with Crippen molar-refractivity contribution in [2.75, 3.05) is 10.6 Å². The molecular formula is C25H20N2. The molecule has 2 N–H and O–H groups in total. The second-order valence-electron chi connectivity index (χ2n) is 6.90. The van der Waals surface area contributed by atoms with Gasteiger partial charge in [-0.2, -0.15) is 0 Å². The molecule has 0 saturated heterocycles. The zero-order valence-electron chi connectivity index (χ0n) is 14.9. The van der Waals surface area contributed by atoms with Crippen molar-refractivity contribution in [1.82, 2.24) is 0 Å². The van der Waals surface area contributed by atoms with E-state index in [1.807, 2.05) is 36.4 Å². The molecule has 0 aliphatic heterocycles. The number of rotatable bonds is 4. The van der Waals surface area contributed by atoms with Gasteiger partial charge in [0.15, 0.2) is 0 Å². The van der Waals surface area contributed by atoms with Crippen molar-refractivity contribution in [3.05, 3.63) is 108 Å². The molecule has 0 radical (unpaired) electrons. The number of hydrogen-bond donors (Lipinski definition) is 2. The summed E-state index contributed by atoms with van der Waals surface area (Å²) in [5.74, 6) is 0. The minimum absolute atomic E-state index is 0.972. The van der Waals surface area contributed by atoms with Crippen LogP contribution in [0.25, 0.3) is 11.1 Å². The van der Waals surface area contributed by atoms with Crippen molar-refractivity contribution in [2.24, 2.45) is 0 Å². The van der Waals surface area contributed by atoms with Crippen LogP contribution in [0.2, 0.25) is 0 Å². The molecule has 0 spiro atoms. The van der Waals surface area contributed by atoms with Crippen LogP contribution < -0.4 is 10.6 Å². The topological polar surface area (TPSA) is 24.1 Å². The summed E-state index contributed by atoms with van der Waals surface area (Å²) in [6, 6.07) is 33.9. The Morgan fingerprint density at radius 1 is 0.444 bits per heavy atom. The molecule has 1 aliphatic rings. The molecule has 1 aliphatic carbocycles. The first-order valence-electron chi connectivity index (χ1n) is 9.25. The van der Waals surface area contributed by atoms with Gasteiger partial charge in [0.25, 0.3) is 0 Å². The highest BCUT2D eigenvalue weighted by Gasteiger charge is 2.19. The standard InChI is InChI=1S/C25H20N2/c1-3-7-20(8-4-1)26-22-11-13-24-18(16-22)15-19-17-23(12-14-25(19)24)27-21-9-5-2-6-10-21/h1-14,16-17,26-27H,15H2. The number of nitrogens with one attached hydrogen (secondary N) is 2. The highest BCUT2D eigenvalue weighted by Crippen LogP contribution is 2.39. The maximum absolute atomic E-state index is 3.49. The van der Waals surface area contributed by atoms with Gasteiger partial charge in [-0.1, -0.05) is 48.5 Å². The Morgan fingerprint density at radius 2 is 0.889 bits per heavy atom. The van der Waals surface area contributed by atoms with Crippen molar-refractivity contribution < 1.29 is 0 Å². The minimum atomic E-state index is 0.972. The van der Waals surface area contributed by atoms with Crippen LogP contribution in [0, 0.1) is 0 Å². The second-order valence-corrected chi connectivity index (χ2v) is 6.90. The first-order valence-corrected chi connectivity index (χ1v) is 9.25. The van der Waals surface area contributed by atoms with Gasteiger partial charge in [0.1, 0.15) is 0 Å². The zero-order chi connectivity index (χ0) is 18.1. The average molecular weight is 348 g/mol. The lowest BCUT2D eigenvalue weighted by Crippen LogP contribution is -1.91. The largest absolute Gasteiger partial charge is 0.356 e. The third-order valence-corrected chi connectivity index (χ3v) is 5.01. The zero-order valence-corrected chi connectivity index (χ0v) is 14.9. The fraction of sp³-hybridized carbons (Fsp3) is 0.0400. The highest BCUT2D eigenvalue weighted by atomic mass is 14.9. The Hall–Kier alpha value is -3.52. The first kappa shape index (κ1) is 15.7. The molecule has 2 heteroatoms. The number of benzene rings is 4. The van der Waals surface area contributed by atoms with E-state index in [2.05, 4.69) is 71.3 Å². The molecule has 0 atom stereocenters. The molecule has 130 valence electrons. The van der Waals surface area contributed by atoms with Crippen molar-refractivity contribution >= 4 is 22.7 Å². The molecule has 27 heavy (non-hydrogen) atoms. The summed E-state index contributed by atoms with van der Waals surface area (Å²) < 4.78 is 0. The maximum atomic E-state index is 3.49. The van der Waals surface area contributed by atoms with Crippen LogP contribution in [0.4, 0.5) is 22.7 Å². The van der Waals surface area contributed by atoms with Crippen molar-refractivity contribution in [3.8, 4) is 11.1 Å². The summed E-state index contributed by atoms with van der Waals surface area (Å²) in [6.45, 7) is 0. The summed E-state index contributed by atoms with van der Waals surface area (Å²) in [5.41, 5.74) is 9.94. The summed E-state index contributed by atoms with van der Waals surface area (Å²) in [5, 5.41) is 6.98. The van der Waals surface area contributed by atoms with Gasteiger partial charge in [0.2, 0.25) is 0 Å². The van der Waals surface area contributed by atoms with E-state index in [0.717, 1.165) is 29.2 Å². The third kappa shape index (κ3) is 3.18. The second kappa shape index (κ2) is 6.65. The molecule has 4 aromatic carbocycles. The number of para-hydroxylation sites is 2. The lowest BCUT2D eigenvalue weighted by atomic mass is 10.0. The lowest BCUT2D eigenvalue weighted by molar-refractivity contribution is 1.26. The molecule has 4 aromatic rings. The molecule has 0 amide bonds. The number of fused-ring (bicyclic) bond motifs is 3. The molecule has 0 saturated carbocycles. The SMILES string of the molecule is c1ccc(Nc2ccc3c(c2)Cc2cc(Nc4ccccc4)ccc2-3)cc1. The van der Waals surface area contributed by atoms with Gasteiger partial charge >= 0.3 is 0 Å². The quantitative estimate of drug-likeness (QED) is 0.375. The van der Waals surface area contributed by atoms with Crippen molar-refractivity contribution in [2.45, 2.75) is 6.42 Å². The van der Waals surface area contributed by atoms with Crippen LogP contribution in [0.5, 0.6) is 0 Å². The van der Waals surface area contributed by atoms with E-state index >= 15 is 0 Å². The van der Waals surface area contributed by atoms with Gasteiger partial charge in [0, 0.05) is 22.7 Å². The van der Waals surface area contributed by atoms with Crippen molar-refractivity contribution in [3.63, 3.8) is 0 Å². The fourth-order valence-electron chi connectivity index (χ4n) is 3.74. The molecule has 0 fully saturated rings. The molecule has 0 heterocycles. The Kier molecular flexibility index (Phi) is 3.87. The van der Waals surface area contributed by atoms with Crippen LogP contribution in [-0.4, -0.2) is 0 Å². The number of hydrogen-bond acceptors (Lipinski definition) is 2. The smallest absolute Gasteiger partial charge is 0.0387 e. The van der Waals surface area contributed by atoms with E-state index < -0.39 is 0 Å². The van der Waals surface area contributed by atoms with E-state index in [9.17, 15) is 0 Å². The van der Waals surface area contributed by atoms with Gasteiger partial charge in [0.05, 0.1) is 0 Å². The Bertz CT molecular complexity index is 997. The monoisotopic (exact) mass is 348 g/mol. The summed E-state index contributed by atoms with van der Waals surface area (Å²) in [4.78, 5) is 0. The summed E-state index contributed by atoms with van der Waals surface area (Å²) in [6.07, 6.45) is 0.972. The van der Waals surface area contributed by atoms with E-state index in [1.165, 1.54) is 22.3 Å². The molecule has 2 nitrogen and oxygen atoms in total. The highest BCUT2D eigenvalue weighted by molar-refractivity contribution is 5.81. The normalized spacial score (nSPS) is 11.6. The van der Waals surface area contributed by atoms with Gasteiger partial charge in [-0.3, -0.25) is 0 Å². The van der Waals surface area contributed by atoms with Crippen molar-refractivity contribution in [1.29, 1.82) is 0 Å². The predicted molar refractivity (Wildman–Crippen MR) is 114 cm³/mol. The maximum Gasteiger partial charge on any atom is 0.0387 e. The summed E-state index contributed by atoms with van der Waals surface area (Å²) in [7, 11) is 0. The predicted octanol–water partition coefficient (Wildman–Crippen LogP) is 6.75. The fourth-order valence-corrected chi connectivity index (χ4v) is 3.74. The Labute approximate surface area is 159 Å². The van der Waals surface area contributed by atoms with Crippen LogP contribution in [-0.2, 0) is 6.42 Å². The lowest BCUT2D eigenvalue weighted by Gasteiger charge is -2.09. The van der Waals surface area contributed by atoms with Crippen LogP contribution in [0.1, 0.15) is 11.1 Å².